The molecule has 1 saturated heterocycles. The van der Waals surface area contributed by atoms with Crippen molar-refractivity contribution in [3.63, 3.8) is 0 Å². The van der Waals surface area contributed by atoms with Crippen LogP contribution in [0.3, 0.4) is 0 Å². The van der Waals surface area contributed by atoms with E-state index in [1.807, 2.05) is 0 Å². The SMILES string of the molecule is CO[C@H]1/C=C/O[C@@]2(C)Oc3c(C)c(O)c4c(c3C2=O)C(=O)C(SCCNC(=S)N[C@@H]2O[C@H](COC(C)=O)[C@@H](OC(C)=O)[C@H](OC(C)=O)[C@H]2OC(C)=O)=C(NC(=O)/C(C)=C\C=C\[C@H](C)[C@H](O)[C@@H](C)[C@@H](O)[C@@H](C)[C@H](OC(C)=O)[C@@H]1C)C4=O. The molecule has 0 saturated carbocycles. The number of phenols is 1. The number of rotatable bonds is 12. The number of aliphatic hydroxyl groups excluding tert-OH is 2. The van der Waals surface area contributed by atoms with E-state index in [1.165, 1.54) is 53.0 Å². The Morgan fingerprint density at radius 3 is 1.98 bits per heavy atom. The molecule has 4 aliphatic heterocycles. The number of aliphatic hydroxyl groups is 2. The van der Waals surface area contributed by atoms with Crippen molar-refractivity contribution in [3.05, 3.63) is 69.0 Å². The number of fused-ring (bicyclic) bond motifs is 14. The number of esters is 5. The largest absolute Gasteiger partial charge is 0.507 e. The number of carbonyl (C=O) groups excluding carboxylic acids is 9. The lowest BCUT2D eigenvalue weighted by Crippen LogP contribution is -2.66. The molecule has 0 aromatic heterocycles. The highest BCUT2D eigenvalue weighted by Gasteiger charge is 2.54. The van der Waals surface area contributed by atoms with Crippen molar-refractivity contribution in [3.8, 4) is 11.5 Å². The number of nitrogens with one attached hydrogen (secondary N) is 3. The van der Waals surface area contributed by atoms with E-state index >= 15 is 4.79 Å². The van der Waals surface area contributed by atoms with Crippen LogP contribution in [0, 0.1) is 30.6 Å². The first-order valence-corrected chi connectivity index (χ1v) is 26.9. The van der Waals surface area contributed by atoms with Gasteiger partial charge in [-0.1, -0.05) is 45.9 Å². The zero-order valence-electron chi connectivity index (χ0n) is 46.5. The van der Waals surface area contributed by atoms with Gasteiger partial charge in [-0.15, -0.1) is 11.8 Å². The molecule has 14 atom stereocenters. The van der Waals surface area contributed by atoms with E-state index in [-0.39, 0.29) is 39.2 Å². The number of ketones is 3. The number of ether oxygens (including phenoxy) is 9. The minimum absolute atomic E-state index is 0.0205. The Labute approximate surface area is 471 Å². The first-order chi connectivity index (χ1) is 37.4. The van der Waals surface area contributed by atoms with Gasteiger partial charge in [-0.25, -0.2) is 0 Å². The number of hydrogen-bond acceptors (Lipinski definition) is 23. The Balaban J connectivity index is 1.53. The number of hydrogen-bond donors (Lipinski definition) is 6. The topological polar surface area (TPSA) is 333 Å². The average Bonchev–Trinajstić information content (AvgIpc) is 3.64. The lowest BCUT2D eigenvalue weighted by molar-refractivity contribution is -0.254. The van der Waals surface area contributed by atoms with Gasteiger partial charge in [0.15, 0.2) is 29.7 Å². The van der Waals surface area contributed by atoms with Crippen molar-refractivity contribution in [2.45, 2.75) is 144 Å². The molecule has 0 radical (unpaired) electrons. The van der Waals surface area contributed by atoms with Crippen LogP contribution in [-0.2, 0) is 66.7 Å². The molecule has 0 spiro atoms. The molecular weight excluding hydrogens is 1090 g/mol. The Morgan fingerprint density at radius 2 is 1.38 bits per heavy atom. The van der Waals surface area contributed by atoms with E-state index in [2.05, 4.69) is 16.0 Å². The summed E-state index contributed by atoms with van der Waals surface area (Å²) in [7, 11) is 1.38. The summed E-state index contributed by atoms with van der Waals surface area (Å²) in [6, 6.07) is 0. The summed E-state index contributed by atoms with van der Waals surface area (Å²) < 4.78 is 51.2. The molecule has 5 bridgehead atoms. The minimum atomic E-state index is -2.21. The Kier molecular flexibility index (Phi) is 21.8. The van der Waals surface area contributed by atoms with E-state index in [0.717, 1.165) is 45.7 Å². The van der Waals surface area contributed by atoms with Gasteiger partial charge in [0, 0.05) is 95.8 Å². The smallest absolute Gasteiger partial charge is 0.312 e. The number of thioether (sulfide) groups is 1. The van der Waals surface area contributed by atoms with Crippen LogP contribution in [0.2, 0.25) is 0 Å². The Hall–Kier alpha value is -6.71. The molecule has 26 heteroatoms. The van der Waals surface area contributed by atoms with Gasteiger partial charge in [-0.2, -0.15) is 0 Å². The predicted octanol–water partition coefficient (Wildman–Crippen LogP) is 3.24. The van der Waals surface area contributed by atoms with Crippen molar-refractivity contribution in [2.24, 2.45) is 23.7 Å². The van der Waals surface area contributed by atoms with Crippen LogP contribution in [0.4, 0.5) is 0 Å². The molecule has 1 fully saturated rings. The van der Waals surface area contributed by atoms with Gasteiger partial charge in [-0.3, -0.25) is 43.2 Å². The van der Waals surface area contributed by atoms with Crippen molar-refractivity contribution < 1.29 is 101 Å². The Bertz CT molecular complexity index is 2780. The molecule has 4 heterocycles. The molecule has 438 valence electrons. The number of amides is 1. The van der Waals surface area contributed by atoms with E-state index in [0.29, 0.717) is 0 Å². The minimum Gasteiger partial charge on any atom is -0.507 e. The predicted molar refractivity (Wildman–Crippen MR) is 286 cm³/mol. The summed E-state index contributed by atoms with van der Waals surface area (Å²) in [6.07, 6.45) is -4.44. The van der Waals surface area contributed by atoms with Gasteiger partial charge in [0.2, 0.25) is 11.6 Å². The molecule has 6 N–H and O–H groups in total. The van der Waals surface area contributed by atoms with Crippen LogP contribution in [0.25, 0.3) is 0 Å². The number of allylic oxidation sites excluding steroid dienone is 4. The van der Waals surface area contributed by atoms with Crippen molar-refractivity contribution >= 4 is 82.2 Å². The number of Topliss-reactive ketones (excluding diaryl/α,β-unsaturated/α-hetero) is 3. The molecule has 1 amide bonds. The number of carbonyl (C=O) groups is 9. The quantitative estimate of drug-likeness (QED) is 0.0757. The van der Waals surface area contributed by atoms with Gasteiger partial charge in [0.25, 0.3) is 11.7 Å². The summed E-state index contributed by atoms with van der Waals surface area (Å²) in [5.74, 6) is -13.8. The van der Waals surface area contributed by atoms with E-state index in [1.54, 1.807) is 33.8 Å². The molecule has 6 rings (SSSR count). The molecule has 80 heavy (non-hydrogen) atoms. The maximum atomic E-state index is 15.0. The van der Waals surface area contributed by atoms with E-state index < -0.39 is 172 Å². The zero-order chi connectivity index (χ0) is 59.8. The highest BCUT2D eigenvalue weighted by molar-refractivity contribution is 8.04. The van der Waals surface area contributed by atoms with Crippen LogP contribution in [0.1, 0.15) is 113 Å². The summed E-state index contributed by atoms with van der Waals surface area (Å²) in [4.78, 5) is 119. The molecule has 24 nitrogen and oxygen atoms in total. The fourth-order valence-electron chi connectivity index (χ4n) is 9.64. The number of benzene rings is 1. The maximum Gasteiger partial charge on any atom is 0.312 e. The first-order valence-electron chi connectivity index (χ1n) is 25.5. The lowest BCUT2D eigenvalue weighted by Gasteiger charge is -2.44. The van der Waals surface area contributed by atoms with Crippen LogP contribution in [0.5, 0.6) is 11.5 Å². The second-order valence-electron chi connectivity index (χ2n) is 19.9. The van der Waals surface area contributed by atoms with E-state index in [4.69, 9.17) is 54.8 Å². The second kappa shape index (κ2) is 27.2. The molecule has 0 unspecified atom stereocenters. The molecule has 5 aliphatic rings. The zero-order valence-corrected chi connectivity index (χ0v) is 48.2. The van der Waals surface area contributed by atoms with Gasteiger partial charge >= 0.3 is 35.6 Å². The third kappa shape index (κ3) is 14.6. The highest BCUT2D eigenvalue weighted by atomic mass is 32.2. The molecular formula is C54H69N3O21S2. The van der Waals surface area contributed by atoms with Crippen LogP contribution in [-0.4, -0.2) is 160 Å². The van der Waals surface area contributed by atoms with Crippen molar-refractivity contribution in [1.29, 1.82) is 0 Å². The first kappa shape index (κ1) is 64.1. The van der Waals surface area contributed by atoms with Gasteiger partial charge in [-0.05, 0) is 32.1 Å². The van der Waals surface area contributed by atoms with Gasteiger partial charge < -0.3 is 73.9 Å². The van der Waals surface area contributed by atoms with Gasteiger partial charge in [0.1, 0.15) is 36.0 Å². The second-order valence-corrected chi connectivity index (χ2v) is 21.4. The lowest BCUT2D eigenvalue weighted by atomic mass is 9.78. The third-order valence-corrected chi connectivity index (χ3v) is 15.2. The van der Waals surface area contributed by atoms with E-state index in [9.17, 15) is 53.7 Å². The number of phenolic OH excluding ortho intramolecular Hbond substituents is 1. The van der Waals surface area contributed by atoms with Crippen molar-refractivity contribution in [1.82, 2.24) is 16.0 Å². The average molecular weight is 1160 g/mol. The number of aromatic hydroxyl groups is 1. The maximum absolute atomic E-state index is 15.0. The Morgan fingerprint density at radius 1 is 0.775 bits per heavy atom. The fourth-order valence-corrected chi connectivity index (χ4v) is 10.8. The number of methoxy groups -OCH3 is 1. The summed E-state index contributed by atoms with van der Waals surface area (Å²) in [5, 5.41) is 42.8. The summed E-state index contributed by atoms with van der Waals surface area (Å²) >= 11 is 6.32. The molecule has 1 aromatic rings. The number of thiocarbonyl (C=S) groups is 1. The van der Waals surface area contributed by atoms with Crippen LogP contribution < -0.4 is 20.7 Å². The normalized spacial score (nSPS) is 31.4. The van der Waals surface area contributed by atoms with Crippen molar-refractivity contribution in [2.75, 3.05) is 26.0 Å². The third-order valence-electron chi connectivity index (χ3n) is 13.8. The molecule has 1 aliphatic carbocycles. The van der Waals surface area contributed by atoms with Crippen LogP contribution >= 0.6 is 24.0 Å². The molecule has 1 aromatic carbocycles. The fraction of sp³-hybridized carbons (Fsp3) is 0.556. The summed E-state index contributed by atoms with van der Waals surface area (Å²) in [5.41, 5.74) is -2.15. The van der Waals surface area contributed by atoms with Gasteiger partial charge in [0.05, 0.1) is 46.2 Å². The highest BCUT2D eigenvalue weighted by Crippen LogP contribution is 2.49. The summed E-state index contributed by atoms with van der Waals surface area (Å²) in [6.45, 7) is 15.6. The monoisotopic (exact) mass is 1160 g/mol. The van der Waals surface area contributed by atoms with Crippen LogP contribution in [0.15, 0.2) is 46.7 Å². The standard InChI is InChI=1S/C54H69N3O21S2/c1-22-15-14-16-23(2)51(69)56-38-42(66)36-35(37-45(27(6)41(36)65)78-54(12,50(37)68)72-19-17-33(70-13)24(3)44(73-29(8)59)26(5)40(64)25(4)39(22)63)43(67)49(38)80-20-18-55-53(79)57-52-48(76-32(11)62)47(75-31(10)61)46(74-30(9)60)34(77-52)21-71-28(7)58/h14-17,19,22,24-26,33-34,39-40,44,46-48,52,63-65H,18,20-21H2,1-13H3,(H,56,69)(H2,55,57,79)/b15-14+,19-17+,23-16-/t22-,24+,25+,26+,33-,34+,39-,40+,44+,46+,47-,48+,52+,54-/m0/s1.